The quantitative estimate of drug-likeness (QED) is 0.808. The van der Waals surface area contributed by atoms with Crippen LogP contribution in [0.5, 0.6) is 0 Å². The first kappa shape index (κ1) is 18.6. The second-order valence-corrected chi connectivity index (χ2v) is 7.97. The maximum Gasteiger partial charge on any atom is 0.240 e. The molecule has 2 N–H and O–H groups in total. The first-order chi connectivity index (χ1) is 11.8. The van der Waals surface area contributed by atoms with Gasteiger partial charge in [-0.1, -0.05) is 23.5 Å². The summed E-state index contributed by atoms with van der Waals surface area (Å²) in [6.07, 6.45) is 5.08. The molecule has 1 aliphatic heterocycles. The molecule has 0 unspecified atom stereocenters. The molecule has 1 aromatic carbocycles. The number of anilines is 1. The van der Waals surface area contributed by atoms with Crippen molar-refractivity contribution in [3.8, 4) is 0 Å². The summed E-state index contributed by atoms with van der Waals surface area (Å²) in [4.78, 5) is 19.0. The monoisotopic (exact) mass is 380 g/mol. The fourth-order valence-electron chi connectivity index (χ4n) is 3.24. The number of hydrogen-bond acceptors (Lipinski definition) is 5. The SMILES string of the molecule is Cl.O=C(CN1CCC(NCC2CC2)CC1)Nc1nc2ccccc2s1. The van der Waals surface area contributed by atoms with Crippen molar-refractivity contribution in [2.75, 3.05) is 31.5 Å². The van der Waals surface area contributed by atoms with Crippen molar-refractivity contribution in [2.45, 2.75) is 31.7 Å². The Bertz CT molecular complexity index is 677. The van der Waals surface area contributed by atoms with Gasteiger partial charge in [0.05, 0.1) is 16.8 Å². The number of piperidine rings is 1. The minimum absolute atomic E-state index is 0. The van der Waals surface area contributed by atoms with Gasteiger partial charge in [0.25, 0.3) is 0 Å². The number of para-hydroxylation sites is 1. The molecule has 1 saturated heterocycles. The molecule has 1 amide bonds. The molecule has 1 aliphatic carbocycles. The summed E-state index contributed by atoms with van der Waals surface area (Å²) in [5.41, 5.74) is 0.945. The highest BCUT2D eigenvalue weighted by Gasteiger charge is 2.25. The number of likely N-dealkylation sites (tertiary alicyclic amines) is 1. The minimum atomic E-state index is 0. The van der Waals surface area contributed by atoms with Crippen molar-refractivity contribution >= 4 is 45.0 Å². The molecule has 0 spiro atoms. The van der Waals surface area contributed by atoms with Crippen LogP contribution >= 0.6 is 23.7 Å². The van der Waals surface area contributed by atoms with Crippen LogP contribution in [0, 0.1) is 5.92 Å². The molecule has 136 valence electrons. The van der Waals surface area contributed by atoms with E-state index in [9.17, 15) is 4.79 Å². The zero-order valence-corrected chi connectivity index (χ0v) is 15.9. The van der Waals surface area contributed by atoms with E-state index in [-0.39, 0.29) is 18.3 Å². The average Bonchev–Trinajstić information content (AvgIpc) is 3.32. The number of nitrogens with one attached hydrogen (secondary N) is 2. The molecule has 1 aromatic heterocycles. The van der Waals surface area contributed by atoms with Crippen LogP contribution in [-0.2, 0) is 4.79 Å². The van der Waals surface area contributed by atoms with Gasteiger partial charge >= 0.3 is 0 Å². The summed E-state index contributed by atoms with van der Waals surface area (Å²) in [6.45, 7) is 3.64. The zero-order chi connectivity index (χ0) is 16.4. The number of carbonyl (C=O) groups is 1. The molecule has 0 radical (unpaired) electrons. The number of fused-ring (bicyclic) bond motifs is 1. The number of thiazole rings is 1. The van der Waals surface area contributed by atoms with E-state index in [4.69, 9.17) is 0 Å². The van der Waals surface area contributed by atoms with Gasteiger partial charge in [-0.2, -0.15) is 0 Å². The first-order valence-corrected chi connectivity index (χ1v) is 9.69. The van der Waals surface area contributed by atoms with E-state index in [0.29, 0.717) is 17.7 Å². The number of aromatic nitrogens is 1. The molecular weight excluding hydrogens is 356 g/mol. The lowest BCUT2D eigenvalue weighted by Gasteiger charge is -2.31. The number of hydrogen-bond donors (Lipinski definition) is 2. The third kappa shape index (κ3) is 5.14. The Labute approximate surface area is 158 Å². The Morgan fingerprint density at radius 3 is 2.68 bits per heavy atom. The molecule has 5 nitrogen and oxygen atoms in total. The van der Waals surface area contributed by atoms with Gasteiger partial charge in [-0.3, -0.25) is 9.69 Å². The number of nitrogens with zero attached hydrogens (tertiary/aromatic N) is 2. The molecule has 1 saturated carbocycles. The summed E-state index contributed by atoms with van der Waals surface area (Å²) < 4.78 is 1.11. The number of rotatable bonds is 6. The summed E-state index contributed by atoms with van der Waals surface area (Å²) in [7, 11) is 0. The molecule has 4 rings (SSSR count). The van der Waals surface area contributed by atoms with Crippen LogP contribution in [0.4, 0.5) is 5.13 Å². The third-order valence-electron chi connectivity index (χ3n) is 4.89. The number of amides is 1. The maximum atomic E-state index is 12.3. The minimum Gasteiger partial charge on any atom is -0.314 e. The van der Waals surface area contributed by atoms with E-state index >= 15 is 0 Å². The van der Waals surface area contributed by atoms with Crippen LogP contribution in [0.3, 0.4) is 0 Å². The normalized spacial score (nSPS) is 18.9. The highest BCUT2D eigenvalue weighted by atomic mass is 35.5. The standard InChI is InChI=1S/C18H24N4OS.ClH/c23-17(21-18-20-15-3-1-2-4-16(15)24-18)12-22-9-7-14(8-10-22)19-11-13-5-6-13;/h1-4,13-14,19H,5-12H2,(H,20,21,23);1H. The Morgan fingerprint density at radius 2 is 1.96 bits per heavy atom. The van der Waals surface area contributed by atoms with Crippen LogP contribution in [0.1, 0.15) is 25.7 Å². The number of carbonyl (C=O) groups excluding carboxylic acids is 1. The van der Waals surface area contributed by atoms with Gasteiger partial charge in [-0.15, -0.1) is 12.4 Å². The van der Waals surface area contributed by atoms with E-state index in [0.717, 1.165) is 42.1 Å². The van der Waals surface area contributed by atoms with Crippen LogP contribution in [-0.4, -0.2) is 48.0 Å². The van der Waals surface area contributed by atoms with Gasteiger partial charge < -0.3 is 10.6 Å². The van der Waals surface area contributed by atoms with Gasteiger partial charge in [0, 0.05) is 19.1 Å². The Kier molecular flexibility index (Phi) is 6.28. The lowest BCUT2D eigenvalue weighted by Crippen LogP contribution is -2.45. The van der Waals surface area contributed by atoms with Crippen molar-refractivity contribution in [3.63, 3.8) is 0 Å². The van der Waals surface area contributed by atoms with Crippen molar-refractivity contribution in [3.05, 3.63) is 24.3 Å². The smallest absolute Gasteiger partial charge is 0.240 e. The summed E-state index contributed by atoms with van der Waals surface area (Å²) in [5, 5.41) is 7.32. The van der Waals surface area contributed by atoms with E-state index in [1.54, 1.807) is 0 Å². The molecule has 7 heteroatoms. The molecule has 2 aromatic rings. The summed E-state index contributed by atoms with van der Waals surface area (Å²) in [6, 6.07) is 8.60. The Hall–Kier alpha value is -1.21. The Morgan fingerprint density at radius 1 is 1.20 bits per heavy atom. The average molecular weight is 381 g/mol. The van der Waals surface area contributed by atoms with E-state index in [1.165, 1.54) is 30.7 Å². The molecule has 0 atom stereocenters. The molecule has 2 fully saturated rings. The highest BCUT2D eigenvalue weighted by molar-refractivity contribution is 7.22. The topological polar surface area (TPSA) is 57.3 Å². The van der Waals surface area contributed by atoms with Crippen molar-refractivity contribution in [1.82, 2.24) is 15.2 Å². The number of halogens is 1. The fourth-order valence-corrected chi connectivity index (χ4v) is 4.12. The van der Waals surface area contributed by atoms with E-state index in [2.05, 4.69) is 20.5 Å². The molecule has 25 heavy (non-hydrogen) atoms. The van der Waals surface area contributed by atoms with E-state index < -0.39 is 0 Å². The molecular formula is C18H25ClN4OS. The second kappa shape index (κ2) is 8.45. The molecule has 2 aliphatic rings. The first-order valence-electron chi connectivity index (χ1n) is 8.87. The van der Waals surface area contributed by atoms with Crippen LogP contribution in [0.2, 0.25) is 0 Å². The van der Waals surface area contributed by atoms with Crippen LogP contribution in [0.25, 0.3) is 10.2 Å². The molecule has 0 bridgehead atoms. The second-order valence-electron chi connectivity index (χ2n) is 6.94. The number of benzene rings is 1. The zero-order valence-electron chi connectivity index (χ0n) is 14.2. The van der Waals surface area contributed by atoms with Gasteiger partial charge in [0.15, 0.2) is 5.13 Å². The predicted octanol–water partition coefficient (Wildman–Crippen LogP) is 3.12. The van der Waals surface area contributed by atoms with Crippen molar-refractivity contribution in [2.24, 2.45) is 5.92 Å². The van der Waals surface area contributed by atoms with Crippen LogP contribution < -0.4 is 10.6 Å². The van der Waals surface area contributed by atoms with Gasteiger partial charge in [-0.25, -0.2) is 4.98 Å². The predicted molar refractivity (Wildman–Crippen MR) is 106 cm³/mol. The van der Waals surface area contributed by atoms with Crippen molar-refractivity contribution < 1.29 is 4.79 Å². The van der Waals surface area contributed by atoms with E-state index in [1.807, 2.05) is 24.3 Å². The maximum absolute atomic E-state index is 12.3. The van der Waals surface area contributed by atoms with Gasteiger partial charge in [0.1, 0.15) is 0 Å². The lowest BCUT2D eigenvalue weighted by atomic mass is 10.0. The fraction of sp³-hybridized carbons (Fsp3) is 0.556. The van der Waals surface area contributed by atoms with Gasteiger partial charge in [-0.05, 0) is 50.3 Å². The summed E-state index contributed by atoms with van der Waals surface area (Å²) >= 11 is 1.53. The van der Waals surface area contributed by atoms with Crippen molar-refractivity contribution in [1.29, 1.82) is 0 Å². The largest absolute Gasteiger partial charge is 0.314 e. The summed E-state index contributed by atoms with van der Waals surface area (Å²) in [5.74, 6) is 0.973. The molecule has 2 heterocycles. The lowest BCUT2D eigenvalue weighted by molar-refractivity contribution is -0.117. The van der Waals surface area contributed by atoms with Crippen LogP contribution in [0.15, 0.2) is 24.3 Å². The highest BCUT2D eigenvalue weighted by Crippen LogP contribution is 2.28. The third-order valence-corrected chi connectivity index (χ3v) is 5.84. The van der Waals surface area contributed by atoms with Gasteiger partial charge in [0.2, 0.25) is 5.91 Å². The Balaban J connectivity index is 0.00000182.